The third-order valence-corrected chi connectivity index (χ3v) is 1.72. The predicted octanol–water partition coefficient (Wildman–Crippen LogP) is 0.857. The number of allylic oxidation sites excluding steroid dienone is 2. The minimum absolute atomic E-state index is 0.395. The number of morpholine rings is 1. The summed E-state index contributed by atoms with van der Waals surface area (Å²) in [7, 11) is 0. The molecule has 2 aliphatic rings. The van der Waals surface area contributed by atoms with Gasteiger partial charge in [0, 0.05) is 6.54 Å². The Kier molecular flexibility index (Phi) is 1.47. The number of hydrogen-bond donors (Lipinski definition) is 1. The van der Waals surface area contributed by atoms with E-state index in [9.17, 15) is 0 Å². The van der Waals surface area contributed by atoms with Gasteiger partial charge in [-0.25, -0.2) is 0 Å². The van der Waals surface area contributed by atoms with Crippen molar-refractivity contribution in [1.29, 1.82) is 0 Å². The van der Waals surface area contributed by atoms with Crippen molar-refractivity contribution >= 4 is 0 Å². The minimum atomic E-state index is 0.395. The van der Waals surface area contributed by atoms with E-state index in [1.807, 2.05) is 12.2 Å². The van der Waals surface area contributed by atoms with E-state index in [2.05, 4.69) is 18.0 Å². The van der Waals surface area contributed by atoms with Gasteiger partial charge in [-0.2, -0.15) is 0 Å². The zero-order valence-electron chi connectivity index (χ0n) is 5.63. The Balaban J connectivity index is 2.14. The lowest BCUT2D eigenvalue weighted by Crippen LogP contribution is -2.37. The molecule has 0 spiro atoms. The topological polar surface area (TPSA) is 21.3 Å². The molecule has 2 radical (unpaired) electrons. The Labute approximate surface area is 60.6 Å². The molecule has 0 aromatic carbocycles. The van der Waals surface area contributed by atoms with Crippen LogP contribution in [0, 0.1) is 6.61 Å². The Morgan fingerprint density at radius 1 is 1.70 bits per heavy atom. The highest BCUT2D eigenvalue weighted by molar-refractivity contribution is 5.21. The van der Waals surface area contributed by atoms with Crippen molar-refractivity contribution in [3.8, 4) is 0 Å². The molecule has 0 aromatic rings. The van der Waals surface area contributed by atoms with E-state index in [1.54, 1.807) is 0 Å². The van der Waals surface area contributed by atoms with Gasteiger partial charge in [0.15, 0.2) is 0 Å². The average Bonchev–Trinajstić information content (AvgIpc) is 2.05. The third kappa shape index (κ3) is 0.948. The maximum Gasteiger partial charge on any atom is 0.210 e. The molecule has 1 saturated heterocycles. The minimum Gasteiger partial charge on any atom is -0.480 e. The van der Waals surface area contributed by atoms with Crippen LogP contribution in [0.5, 0.6) is 0 Å². The number of ether oxygens (including phenoxy) is 1. The van der Waals surface area contributed by atoms with Gasteiger partial charge in [0.25, 0.3) is 0 Å². The fourth-order valence-corrected chi connectivity index (χ4v) is 1.18. The fourth-order valence-electron chi connectivity index (χ4n) is 1.18. The molecule has 1 N–H and O–H groups in total. The van der Waals surface area contributed by atoms with E-state index < -0.39 is 0 Å². The monoisotopic (exact) mass is 135 g/mol. The van der Waals surface area contributed by atoms with Crippen LogP contribution in [0.2, 0.25) is 0 Å². The summed E-state index contributed by atoms with van der Waals surface area (Å²) in [4.78, 5) is 0. The normalized spacial score (nSPS) is 30.4. The van der Waals surface area contributed by atoms with Gasteiger partial charge in [0.2, 0.25) is 6.61 Å². The summed E-state index contributed by atoms with van der Waals surface area (Å²) in [6, 6.07) is 0.395. The van der Waals surface area contributed by atoms with Gasteiger partial charge >= 0.3 is 0 Å². The molecule has 0 saturated carbocycles. The molecule has 52 valence electrons. The summed E-state index contributed by atoms with van der Waals surface area (Å²) in [6.45, 7) is 3.50. The van der Waals surface area contributed by atoms with E-state index in [1.165, 1.54) is 0 Å². The molecule has 0 aromatic heterocycles. The molecule has 2 nitrogen and oxygen atoms in total. The molecule has 1 fully saturated rings. The number of hydrogen-bond acceptors (Lipinski definition) is 2. The van der Waals surface area contributed by atoms with Crippen molar-refractivity contribution in [2.45, 2.75) is 12.5 Å². The first-order valence-corrected chi connectivity index (χ1v) is 3.46. The summed E-state index contributed by atoms with van der Waals surface area (Å²) >= 11 is 0. The first-order chi connectivity index (χ1) is 4.97. The van der Waals surface area contributed by atoms with Crippen molar-refractivity contribution < 1.29 is 4.74 Å². The second-order valence-electron chi connectivity index (χ2n) is 2.41. The van der Waals surface area contributed by atoms with Gasteiger partial charge in [-0.3, -0.25) is 0 Å². The van der Waals surface area contributed by atoms with Gasteiger partial charge in [-0.1, -0.05) is 12.2 Å². The fraction of sp³-hybridized carbons (Fsp3) is 0.375. The van der Waals surface area contributed by atoms with E-state index in [4.69, 9.17) is 4.74 Å². The SMILES string of the molecule is [C]1CNC2CC=CC=C2O1. The Bertz CT molecular complexity index is 184. The number of nitrogens with one attached hydrogen (secondary N) is 1. The summed E-state index contributed by atoms with van der Waals surface area (Å²) in [6.07, 6.45) is 7.16. The first-order valence-electron chi connectivity index (χ1n) is 3.46. The van der Waals surface area contributed by atoms with Crippen LogP contribution < -0.4 is 5.32 Å². The predicted molar refractivity (Wildman–Crippen MR) is 38.0 cm³/mol. The van der Waals surface area contributed by atoms with Crippen molar-refractivity contribution in [2.75, 3.05) is 6.54 Å². The van der Waals surface area contributed by atoms with Crippen LogP contribution in [0.4, 0.5) is 0 Å². The second kappa shape index (κ2) is 2.46. The molecule has 0 amide bonds. The molecular weight excluding hydrogens is 126 g/mol. The van der Waals surface area contributed by atoms with Crippen LogP contribution in [0.1, 0.15) is 6.42 Å². The van der Waals surface area contributed by atoms with Crippen LogP contribution in [0.25, 0.3) is 0 Å². The zero-order valence-corrected chi connectivity index (χ0v) is 5.63. The maximum atomic E-state index is 5.18. The lowest BCUT2D eigenvalue weighted by atomic mass is 10.1. The molecule has 2 heteroatoms. The summed E-state index contributed by atoms with van der Waals surface area (Å²) in [5, 5.41) is 3.27. The average molecular weight is 135 g/mol. The van der Waals surface area contributed by atoms with E-state index in [0.717, 1.165) is 18.7 Å². The van der Waals surface area contributed by atoms with Crippen LogP contribution in [0.3, 0.4) is 0 Å². The molecule has 1 aliphatic heterocycles. The van der Waals surface area contributed by atoms with Gasteiger partial charge in [0.1, 0.15) is 5.76 Å². The van der Waals surface area contributed by atoms with Crippen molar-refractivity contribution in [1.82, 2.24) is 5.32 Å². The molecule has 1 atom stereocenters. The summed E-state index contributed by atoms with van der Waals surface area (Å²) < 4.78 is 5.18. The quantitative estimate of drug-likeness (QED) is 0.532. The molecule has 1 aliphatic carbocycles. The molecular formula is C8H9NO. The first kappa shape index (κ1) is 5.98. The lowest BCUT2D eigenvalue weighted by molar-refractivity contribution is 0.206. The highest BCUT2D eigenvalue weighted by atomic mass is 16.5. The van der Waals surface area contributed by atoms with Crippen LogP contribution >= 0.6 is 0 Å². The van der Waals surface area contributed by atoms with Crippen molar-refractivity contribution in [3.05, 3.63) is 30.6 Å². The van der Waals surface area contributed by atoms with Crippen molar-refractivity contribution in [2.24, 2.45) is 0 Å². The van der Waals surface area contributed by atoms with Crippen LogP contribution in [-0.4, -0.2) is 12.6 Å². The lowest BCUT2D eigenvalue weighted by Gasteiger charge is -2.26. The highest BCUT2D eigenvalue weighted by Crippen LogP contribution is 2.17. The van der Waals surface area contributed by atoms with E-state index in [-0.39, 0.29) is 0 Å². The molecule has 2 rings (SSSR count). The largest absolute Gasteiger partial charge is 0.480 e. The summed E-state index contributed by atoms with van der Waals surface area (Å²) in [5.74, 6) is 0.994. The van der Waals surface area contributed by atoms with Gasteiger partial charge < -0.3 is 10.1 Å². The van der Waals surface area contributed by atoms with Crippen molar-refractivity contribution in [3.63, 3.8) is 0 Å². The molecule has 1 heterocycles. The van der Waals surface area contributed by atoms with E-state index >= 15 is 0 Å². The van der Waals surface area contributed by atoms with Gasteiger partial charge in [-0.05, 0) is 12.5 Å². The number of fused-ring (bicyclic) bond motifs is 1. The van der Waals surface area contributed by atoms with Gasteiger partial charge in [0.05, 0.1) is 6.04 Å². The van der Waals surface area contributed by atoms with Gasteiger partial charge in [-0.15, -0.1) is 0 Å². The van der Waals surface area contributed by atoms with Crippen LogP contribution in [-0.2, 0) is 4.74 Å². The maximum absolute atomic E-state index is 5.18. The summed E-state index contributed by atoms with van der Waals surface area (Å²) in [5.41, 5.74) is 0. The second-order valence-corrected chi connectivity index (χ2v) is 2.41. The van der Waals surface area contributed by atoms with Crippen LogP contribution in [0.15, 0.2) is 24.0 Å². The Morgan fingerprint density at radius 2 is 2.70 bits per heavy atom. The highest BCUT2D eigenvalue weighted by Gasteiger charge is 2.20. The molecule has 0 bridgehead atoms. The smallest absolute Gasteiger partial charge is 0.210 e. The number of rotatable bonds is 0. The molecule has 1 unspecified atom stereocenters. The van der Waals surface area contributed by atoms with E-state index in [0.29, 0.717) is 6.04 Å². The third-order valence-electron chi connectivity index (χ3n) is 1.72. The standard InChI is InChI=1S/C8H9NO/c1-2-4-8-7(3-1)9-5-6-10-8/h1-2,4,7,9H,3,5H2. The zero-order chi connectivity index (χ0) is 6.81. The Morgan fingerprint density at radius 3 is 3.60 bits per heavy atom. The molecule has 10 heavy (non-hydrogen) atoms. The Hall–Kier alpha value is -0.760.